The second kappa shape index (κ2) is 7.97. The Morgan fingerprint density at radius 1 is 1.20 bits per heavy atom. The first-order valence-corrected chi connectivity index (χ1v) is 9.77. The van der Waals surface area contributed by atoms with Crippen LogP contribution in [0.5, 0.6) is 0 Å². The molecule has 0 aliphatic carbocycles. The van der Waals surface area contributed by atoms with Crippen LogP contribution in [-0.4, -0.2) is 60.8 Å². The van der Waals surface area contributed by atoms with Crippen molar-refractivity contribution in [2.75, 3.05) is 26.2 Å². The van der Waals surface area contributed by atoms with Gasteiger partial charge in [0.1, 0.15) is 6.54 Å². The number of sulfonamides is 1. The van der Waals surface area contributed by atoms with Gasteiger partial charge < -0.3 is 10.0 Å². The highest BCUT2D eigenvalue weighted by atomic mass is 32.2. The van der Waals surface area contributed by atoms with Gasteiger partial charge in [0.05, 0.1) is 4.90 Å². The quantitative estimate of drug-likeness (QED) is 0.817. The van der Waals surface area contributed by atoms with Crippen molar-refractivity contribution in [3.05, 3.63) is 29.8 Å². The molecule has 1 heterocycles. The second-order valence-corrected chi connectivity index (χ2v) is 8.18. The average Bonchev–Trinajstić information content (AvgIpc) is 2.59. The number of carbonyl (C=O) groups excluding carboxylic acids is 1. The fraction of sp³-hybridized carbons (Fsp3) is 0.529. The first kappa shape index (κ1) is 19.4. The Hall–Kier alpha value is -1.93. The van der Waals surface area contributed by atoms with E-state index in [-0.39, 0.29) is 36.4 Å². The van der Waals surface area contributed by atoms with Gasteiger partial charge in [-0.15, -0.1) is 0 Å². The third kappa shape index (κ3) is 4.58. The number of piperidine rings is 1. The molecule has 25 heavy (non-hydrogen) atoms. The molecule has 1 fully saturated rings. The molecule has 0 spiro atoms. The van der Waals surface area contributed by atoms with Gasteiger partial charge in [-0.1, -0.05) is 17.7 Å². The molecule has 1 aliphatic rings. The highest BCUT2D eigenvalue weighted by Gasteiger charge is 2.33. The van der Waals surface area contributed by atoms with Crippen molar-refractivity contribution in [2.24, 2.45) is 5.92 Å². The number of aryl methyl sites for hydroxylation is 1. The van der Waals surface area contributed by atoms with Crippen LogP contribution in [-0.2, 0) is 19.6 Å². The Bertz CT molecular complexity index is 722. The lowest BCUT2D eigenvalue weighted by molar-refractivity contribution is -0.146. The van der Waals surface area contributed by atoms with Gasteiger partial charge in [-0.2, -0.15) is 4.31 Å². The fourth-order valence-electron chi connectivity index (χ4n) is 2.97. The summed E-state index contributed by atoms with van der Waals surface area (Å²) in [4.78, 5) is 24.8. The predicted molar refractivity (Wildman–Crippen MR) is 92.6 cm³/mol. The lowest BCUT2D eigenvalue weighted by Gasteiger charge is -2.33. The molecule has 1 aromatic carbocycles. The number of aliphatic carboxylic acids is 1. The smallest absolute Gasteiger partial charge is 0.323 e. The molecule has 1 N–H and O–H groups in total. The number of hydrogen-bond acceptors (Lipinski definition) is 4. The van der Waals surface area contributed by atoms with Crippen molar-refractivity contribution >= 4 is 21.9 Å². The molecule has 1 aliphatic heterocycles. The molecule has 1 amide bonds. The van der Waals surface area contributed by atoms with E-state index in [0.717, 1.165) is 5.56 Å². The second-order valence-electron chi connectivity index (χ2n) is 6.24. The maximum atomic E-state index is 12.7. The lowest BCUT2D eigenvalue weighted by Crippen LogP contribution is -2.45. The Kier molecular flexibility index (Phi) is 6.18. The highest BCUT2D eigenvalue weighted by Crippen LogP contribution is 2.25. The van der Waals surface area contributed by atoms with E-state index in [1.54, 1.807) is 31.2 Å². The van der Waals surface area contributed by atoms with Crippen LogP contribution in [0.1, 0.15) is 25.3 Å². The van der Waals surface area contributed by atoms with Crippen molar-refractivity contribution in [3.8, 4) is 0 Å². The van der Waals surface area contributed by atoms with Crippen molar-refractivity contribution in [2.45, 2.75) is 31.6 Å². The zero-order valence-electron chi connectivity index (χ0n) is 14.5. The van der Waals surface area contributed by atoms with Crippen LogP contribution in [0.2, 0.25) is 0 Å². The monoisotopic (exact) mass is 368 g/mol. The normalized spacial score (nSPS) is 16.6. The third-order valence-electron chi connectivity index (χ3n) is 4.48. The summed E-state index contributed by atoms with van der Waals surface area (Å²) in [6, 6.07) is 6.70. The van der Waals surface area contributed by atoms with E-state index in [0.29, 0.717) is 19.4 Å². The molecule has 138 valence electrons. The molecule has 0 bridgehead atoms. The molecular formula is C17H24N2O5S. The Morgan fingerprint density at radius 2 is 1.76 bits per heavy atom. The van der Waals surface area contributed by atoms with Gasteiger partial charge in [0.25, 0.3) is 0 Å². The molecule has 8 heteroatoms. The number of benzene rings is 1. The lowest BCUT2D eigenvalue weighted by atomic mass is 9.96. The summed E-state index contributed by atoms with van der Waals surface area (Å²) in [5, 5.41) is 8.88. The number of amides is 1. The van der Waals surface area contributed by atoms with Crippen LogP contribution in [0.4, 0.5) is 0 Å². The maximum absolute atomic E-state index is 12.7. The number of likely N-dealkylation sites (N-methyl/N-ethyl adjacent to an activating group) is 1. The minimum absolute atomic E-state index is 0.211. The minimum Gasteiger partial charge on any atom is -0.480 e. The summed E-state index contributed by atoms with van der Waals surface area (Å²) in [6.07, 6.45) is 0.806. The zero-order chi connectivity index (χ0) is 18.6. The van der Waals surface area contributed by atoms with Crippen molar-refractivity contribution in [1.29, 1.82) is 0 Å². The predicted octanol–water partition coefficient (Wildman–Crippen LogP) is 1.33. The van der Waals surface area contributed by atoms with Gasteiger partial charge in [0.2, 0.25) is 15.9 Å². The molecule has 1 aromatic rings. The largest absolute Gasteiger partial charge is 0.480 e. The molecule has 0 saturated carbocycles. The number of carboxylic acids is 1. The van der Waals surface area contributed by atoms with Gasteiger partial charge in [-0.3, -0.25) is 9.59 Å². The number of rotatable bonds is 6. The Balaban J connectivity index is 2.02. The van der Waals surface area contributed by atoms with E-state index in [1.165, 1.54) is 9.21 Å². The minimum atomic E-state index is -3.56. The van der Waals surface area contributed by atoms with Crippen LogP contribution >= 0.6 is 0 Å². The summed E-state index contributed by atoms with van der Waals surface area (Å²) in [7, 11) is -3.56. The third-order valence-corrected chi connectivity index (χ3v) is 6.39. The maximum Gasteiger partial charge on any atom is 0.323 e. The fourth-order valence-corrected chi connectivity index (χ4v) is 4.44. The van der Waals surface area contributed by atoms with Crippen LogP contribution in [0.15, 0.2) is 29.2 Å². The zero-order valence-corrected chi connectivity index (χ0v) is 15.3. The van der Waals surface area contributed by atoms with Crippen LogP contribution in [0.25, 0.3) is 0 Å². The van der Waals surface area contributed by atoms with Crippen molar-refractivity contribution in [1.82, 2.24) is 9.21 Å². The number of hydrogen-bond donors (Lipinski definition) is 1. The number of carboxylic acid groups (broad SMARTS) is 1. The van der Waals surface area contributed by atoms with Gasteiger partial charge >= 0.3 is 5.97 Å². The summed E-state index contributed by atoms with van der Waals surface area (Å²) in [5.41, 5.74) is 0.987. The van der Waals surface area contributed by atoms with Gasteiger partial charge in [-0.25, -0.2) is 8.42 Å². The van der Waals surface area contributed by atoms with E-state index in [1.807, 2.05) is 6.92 Å². The number of carbonyl (C=O) groups is 2. The van der Waals surface area contributed by atoms with E-state index in [9.17, 15) is 18.0 Å². The summed E-state index contributed by atoms with van der Waals surface area (Å²) >= 11 is 0. The first-order valence-electron chi connectivity index (χ1n) is 8.33. The molecule has 0 aromatic heterocycles. The van der Waals surface area contributed by atoms with E-state index < -0.39 is 16.0 Å². The standard InChI is InChI=1S/C17H24N2O5S/c1-3-18(12-16(20)21)17(22)14-8-10-19(11-9-14)25(23,24)15-6-4-13(2)5-7-15/h4-7,14H,3,8-12H2,1-2H3,(H,20,21). The summed E-state index contributed by atoms with van der Waals surface area (Å²) in [6.45, 7) is 4.15. The summed E-state index contributed by atoms with van der Waals surface area (Å²) < 4.78 is 26.7. The molecule has 0 unspecified atom stereocenters. The van der Waals surface area contributed by atoms with Gasteiger partial charge in [0, 0.05) is 25.6 Å². The Labute approximate surface area is 148 Å². The van der Waals surface area contributed by atoms with E-state index in [2.05, 4.69) is 0 Å². The molecule has 7 nitrogen and oxygen atoms in total. The SMILES string of the molecule is CCN(CC(=O)O)C(=O)C1CCN(S(=O)(=O)c2ccc(C)cc2)CC1. The van der Waals surface area contributed by atoms with Gasteiger partial charge in [0.15, 0.2) is 0 Å². The molecule has 0 atom stereocenters. The van der Waals surface area contributed by atoms with Crippen LogP contribution in [0.3, 0.4) is 0 Å². The molecule has 0 radical (unpaired) electrons. The van der Waals surface area contributed by atoms with Crippen molar-refractivity contribution < 1.29 is 23.1 Å². The topological polar surface area (TPSA) is 95.0 Å². The summed E-state index contributed by atoms with van der Waals surface area (Å²) in [5.74, 6) is -1.59. The molecule has 1 saturated heterocycles. The Morgan fingerprint density at radius 3 is 2.24 bits per heavy atom. The van der Waals surface area contributed by atoms with Crippen LogP contribution < -0.4 is 0 Å². The van der Waals surface area contributed by atoms with E-state index in [4.69, 9.17) is 5.11 Å². The van der Waals surface area contributed by atoms with E-state index >= 15 is 0 Å². The molecule has 2 rings (SSSR count). The molecular weight excluding hydrogens is 344 g/mol. The highest BCUT2D eigenvalue weighted by molar-refractivity contribution is 7.89. The average molecular weight is 368 g/mol. The van der Waals surface area contributed by atoms with Gasteiger partial charge in [-0.05, 0) is 38.8 Å². The van der Waals surface area contributed by atoms with Crippen LogP contribution in [0, 0.1) is 12.8 Å². The number of nitrogens with zero attached hydrogens (tertiary/aromatic N) is 2. The van der Waals surface area contributed by atoms with Crippen molar-refractivity contribution in [3.63, 3.8) is 0 Å². The first-order chi connectivity index (χ1) is 11.8.